The molecule has 0 atom stereocenters. The molecule has 10 heteroatoms. The Balaban J connectivity index is 2.31. The monoisotopic (exact) mass is 371 g/mol. The van der Waals surface area contributed by atoms with E-state index in [1.54, 1.807) is 0 Å². The zero-order valence-corrected chi connectivity index (χ0v) is 14.7. The first-order chi connectivity index (χ1) is 12.2. The lowest BCUT2D eigenvalue weighted by Gasteiger charge is -2.27. The molecule has 0 radical (unpaired) electrons. The molecule has 1 saturated carbocycles. The number of nitro groups is 1. The van der Waals surface area contributed by atoms with Crippen molar-refractivity contribution in [2.75, 3.05) is 24.2 Å². The van der Waals surface area contributed by atoms with Crippen LogP contribution in [-0.4, -0.2) is 41.9 Å². The van der Waals surface area contributed by atoms with Gasteiger partial charge in [0.1, 0.15) is 5.82 Å². The fourth-order valence-corrected chi connectivity index (χ4v) is 3.07. The SMILES string of the molecule is CN(CC(F)F)c1nc(N)c([N+](=O)[O-])cc1C(=O)N[C@H]1CC[C@H](C)CC1. The average molecular weight is 371 g/mol. The summed E-state index contributed by atoms with van der Waals surface area (Å²) in [5.74, 6) is -0.504. The van der Waals surface area contributed by atoms with Gasteiger partial charge in [-0.25, -0.2) is 13.8 Å². The van der Waals surface area contributed by atoms with Crippen LogP contribution in [0.25, 0.3) is 0 Å². The van der Waals surface area contributed by atoms with Crippen molar-refractivity contribution in [1.82, 2.24) is 10.3 Å². The van der Waals surface area contributed by atoms with Gasteiger partial charge in [0.05, 0.1) is 17.0 Å². The molecule has 0 spiro atoms. The molecule has 8 nitrogen and oxygen atoms in total. The zero-order chi connectivity index (χ0) is 19.4. The van der Waals surface area contributed by atoms with E-state index in [1.165, 1.54) is 7.05 Å². The highest BCUT2D eigenvalue weighted by atomic mass is 19.3. The minimum Gasteiger partial charge on any atom is -0.378 e. The Morgan fingerprint density at radius 1 is 1.46 bits per heavy atom. The molecule has 0 saturated heterocycles. The smallest absolute Gasteiger partial charge is 0.312 e. The first-order valence-electron chi connectivity index (χ1n) is 8.44. The minimum atomic E-state index is -2.66. The van der Waals surface area contributed by atoms with E-state index in [0.717, 1.165) is 36.6 Å². The van der Waals surface area contributed by atoms with Gasteiger partial charge in [-0.1, -0.05) is 6.92 Å². The van der Waals surface area contributed by atoms with Gasteiger partial charge in [-0.15, -0.1) is 0 Å². The van der Waals surface area contributed by atoms with Crippen molar-refractivity contribution >= 4 is 23.2 Å². The summed E-state index contributed by atoms with van der Waals surface area (Å²) in [6.07, 6.45) is 0.903. The van der Waals surface area contributed by atoms with Crippen LogP contribution in [-0.2, 0) is 0 Å². The number of hydrogen-bond donors (Lipinski definition) is 2. The van der Waals surface area contributed by atoms with Gasteiger partial charge >= 0.3 is 5.69 Å². The van der Waals surface area contributed by atoms with E-state index >= 15 is 0 Å². The van der Waals surface area contributed by atoms with Gasteiger partial charge in [0, 0.05) is 19.2 Å². The highest BCUT2D eigenvalue weighted by molar-refractivity contribution is 6.00. The third-order valence-electron chi connectivity index (χ3n) is 4.58. The maximum Gasteiger partial charge on any atom is 0.312 e. The average Bonchev–Trinajstić information content (AvgIpc) is 2.55. The van der Waals surface area contributed by atoms with Gasteiger partial charge in [0.15, 0.2) is 0 Å². The molecule has 0 aromatic carbocycles. The van der Waals surface area contributed by atoms with Crippen molar-refractivity contribution in [2.45, 2.75) is 45.1 Å². The standard InChI is InChI=1S/C16H23F2N5O3/c1-9-3-5-10(6-4-9)20-16(24)11-7-12(23(25)26)14(19)21-15(11)22(2)8-13(17)18/h7,9-10,13H,3-6,8H2,1-2H3,(H2,19,21)(H,20,24)/t9-,10-. The summed E-state index contributed by atoms with van der Waals surface area (Å²) in [5, 5.41) is 13.9. The van der Waals surface area contributed by atoms with Crippen molar-refractivity contribution in [2.24, 2.45) is 5.92 Å². The maximum atomic E-state index is 12.7. The lowest BCUT2D eigenvalue weighted by atomic mass is 9.87. The van der Waals surface area contributed by atoms with E-state index in [9.17, 15) is 23.7 Å². The van der Waals surface area contributed by atoms with Crippen molar-refractivity contribution in [3.63, 3.8) is 0 Å². The summed E-state index contributed by atoms with van der Waals surface area (Å²) < 4.78 is 25.4. The predicted octanol–water partition coefficient (Wildman–Crippen LogP) is 2.58. The minimum absolute atomic E-state index is 0.0523. The first kappa shape index (κ1) is 19.8. The summed E-state index contributed by atoms with van der Waals surface area (Å²) in [5.41, 5.74) is 4.90. The molecule has 144 valence electrons. The molecular formula is C16H23F2N5O3. The number of nitrogen functional groups attached to an aromatic ring is 1. The van der Waals surface area contributed by atoms with Gasteiger partial charge in [0.25, 0.3) is 12.3 Å². The number of carbonyl (C=O) groups is 1. The number of aromatic nitrogens is 1. The second kappa shape index (κ2) is 8.24. The molecule has 2 rings (SSSR count). The van der Waals surface area contributed by atoms with Crippen LogP contribution in [0.1, 0.15) is 43.0 Å². The third kappa shape index (κ3) is 4.77. The van der Waals surface area contributed by atoms with Crippen LogP contribution in [0.3, 0.4) is 0 Å². The van der Waals surface area contributed by atoms with Crippen molar-refractivity contribution in [3.8, 4) is 0 Å². The van der Waals surface area contributed by atoms with Crippen molar-refractivity contribution in [3.05, 3.63) is 21.7 Å². The van der Waals surface area contributed by atoms with Crippen LogP contribution in [0.4, 0.5) is 26.1 Å². The normalized spacial score (nSPS) is 20.0. The Morgan fingerprint density at radius 2 is 2.08 bits per heavy atom. The summed E-state index contributed by atoms with van der Waals surface area (Å²) in [6.45, 7) is 1.47. The van der Waals surface area contributed by atoms with Crippen LogP contribution in [0, 0.1) is 16.0 Å². The number of pyridine rings is 1. The number of nitrogens with two attached hydrogens (primary N) is 1. The number of nitrogens with zero attached hydrogens (tertiary/aromatic N) is 3. The second-order valence-electron chi connectivity index (χ2n) is 6.72. The molecule has 1 aromatic heterocycles. The second-order valence-corrected chi connectivity index (χ2v) is 6.72. The largest absolute Gasteiger partial charge is 0.378 e. The molecule has 3 N–H and O–H groups in total. The molecule has 0 bridgehead atoms. The van der Waals surface area contributed by atoms with Gasteiger partial charge in [-0.2, -0.15) is 0 Å². The molecule has 1 aliphatic rings. The summed E-state index contributed by atoms with van der Waals surface area (Å²) in [6, 6.07) is 0.948. The summed E-state index contributed by atoms with van der Waals surface area (Å²) in [7, 11) is 1.33. The Morgan fingerprint density at radius 3 is 2.62 bits per heavy atom. The zero-order valence-electron chi connectivity index (χ0n) is 14.7. The van der Waals surface area contributed by atoms with Crippen molar-refractivity contribution in [1.29, 1.82) is 0 Å². The quantitative estimate of drug-likeness (QED) is 0.587. The van der Waals surface area contributed by atoms with Gasteiger partial charge in [0.2, 0.25) is 5.82 Å². The number of alkyl halides is 2. The number of anilines is 2. The molecule has 1 aliphatic carbocycles. The molecule has 1 fully saturated rings. The van der Waals surface area contributed by atoms with Crippen LogP contribution < -0.4 is 16.0 Å². The lowest BCUT2D eigenvalue weighted by molar-refractivity contribution is -0.384. The molecule has 1 heterocycles. The van der Waals surface area contributed by atoms with Gasteiger partial charge < -0.3 is 16.0 Å². The van der Waals surface area contributed by atoms with E-state index < -0.39 is 35.3 Å². The molecule has 1 amide bonds. The van der Waals surface area contributed by atoms with E-state index in [-0.39, 0.29) is 17.4 Å². The highest BCUT2D eigenvalue weighted by Crippen LogP contribution is 2.29. The molecular weight excluding hydrogens is 348 g/mol. The van der Waals surface area contributed by atoms with E-state index in [0.29, 0.717) is 5.92 Å². The van der Waals surface area contributed by atoms with Crippen LogP contribution in [0.15, 0.2) is 6.07 Å². The molecule has 26 heavy (non-hydrogen) atoms. The topological polar surface area (TPSA) is 114 Å². The fourth-order valence-electron chi connectivity index (χ4n) is 3.07. The fraction of sp³-hybridized carbons (Fsp3) is 0.625. The summed E-state index contributed by atoms with van der Waals surface area (Å²) in [4.78, 5) is 27.9. The van der Waals surface area contributed by atoms with Crippen LogP contribution in [0.2, 0.25) is 0 Å². The Labute approximate surface area is 149 Å². The van der Waals surface area contributed by atoms with Crippen molar-refractivity contribution < 1.29 is 18.5 Å². The highest BCUT2D eigenvalue weighted by Gasteiger charge is 2.27. The molecule has 0 aliphatic heterocycles. The van der Waals surface area contributed by atoms with Crippen LogP contribution >= 0.6 is 0 Å². The third-order valence-corrected chi connectivity index (χ3v) is 4.58. The maximum absolute atomic E-state index is 12.7. The number of rotatable bonds is 6. The number of hydrogen-bond acceptors (Lipinski definition) is 6. The lowest BCUT2D eigenvalue weighted by Crippen LogP contribution is -2.38. The first-order valence-corrected chi connectivity index (χ1v) is 8.44. The van der Waals surface area contributed by atoms with Gasteiger partial charge in [-0.05, 0) is 31.6 Å². The van der Waals surface area contributed by atoms with Crippen LogP contribution in [0.5, 0.6) is 0 Å². The number of halogens is 2. The Kier molecular flexibility index (Phi) is 6.27. The summed E-state index contributed by atoms with van der Waals surface area (Å²) >= 11 is 0. The predicted molar refractivity (Wildman–Crippen MR) is 93.5 cm³/mol. The molecule has 1 aromatic rings. The molecule has 0 unspecified atom stereocenters. The number of nitrogens with one attached hydrogen (secondary N) is 1. The van der Waals surface area contributed by atoms with E-state index in [2.05, 4.69) is 17.2 Å². The van der Waals surface area contributed by atoms with E-state index in [4.69, 9.17) is 5.73 Å². The van der Waals surface area contributed by atoms with E-state index in [1.807, 2.05) is 0 Å². The number of carbonyl (C=O) groups excluding carboxylic acids is 1. The van der Waals surface area contributed by atoms with Gasteiger partial charge in [-0.3, -0.25) is 14.9 Å². The Hall–Kier alpha value is -2.52. The number of amides is 1. The Bertz CT molecular complexity index is 678.